The fourth-order valence-corrected chi connectivity index (χ4v) is 2.28. The van der Waals surface area contributed by atoms with Gasteiger partial charge in [0.15, 0.2) is 11.6 Å². The average Bonchev–Trinajstić information content (AvgIpc) is 2.44. The number of hydrogen-bond acceptors (Lipinski definition) is 1. The zero-order chi connectivity index (χ0) is 18.1. The van der Waals surface area contributed by atoms with E-state index in [4.69, 9.17) is 23.2 Å². The molecule has 0 heterocycles. The molecule has 100 valence electrons. The van der Waals surface area contributed by atoms with Gasteiger partial charge in [-0.15, -0.1) is 0 Å². The van der Waals surface area contributed by atoms with Crippen molar-refractivity contribution in [3.8, 4) is 5.75 Å². The van der Waals surface area contributed by atoms with Crippen LogP contribution in [0.15, 0.2) is 40.9 Å². The van der Waals surface area contributed by atoms with Crippen LogP contribution in [-0.2, 0) is 6.42 Å². The molecule has 0 aliphatic carbocycles. The highest BCUT2D eigenvalue weighted by atomic mass is 79.9. The van der Waals surface area contributed by atoms with Gasteiger partial charge in [-0.25, -0.2) is 4.39 Å². The van der Waals surface area contributed by atoms with Crippen LogP contribution in [0, 0.1) is 5.82 Å². The Morgan fingerprint density at radius 1 is 1.37 bits per heavy atom. The fraction of sp³-hybridized carbons (Fsp3) is 0.200. The monoisotopic (exact) mass is 347 g/mol. The molecule has 0 aliphatic heterocycles. The first-order valence-corrected chi connectivity index (χ1v) is 6.58. The molecule has 19 heavy (non-hydrogen) atoms. The molecule has 2 aromatic rings. The van der Waals surface area contributed by atoms with Crippen LogP contribution in [0.1, 0.15) is 24.8 Å². The van der Waals surface area contributed by atoms with Gasteiger partial charge in [0.25, 0.3) is 0 Å². The standard InChI is InChI=1S/C15H13BrClFO/c1-2-19-15-6-3-10(8-14(15)18)7-11-9-12(16)4-5-13(11)17/h3-6,8-9H,2,7H2,1H3/i1D3,2D2. The highest BCUT2D eigenvalue weighted by Gasteiger charge is 2.07. The van der Waals surface area contributed by atoms with E-state index in [1.165, 1.54) is 18.2 Å². The lowest BCUT2D eigenvalue weighted by atomic mass is 10.0. The van der Waals surface area contributed by atoms with E-state index in [0.29, 0.717) is 17.0 Å². The molecule has 1 nitrogen and oxygen atoms in total. The molecule has 0 bridgehead atoms. The molecule has 2 aromatic carbocycles. The summed E-state index contributed by atoms with van der Waals surface area (Å²) in [5.74, 6) is -1.30. The van der Waals surface area contributed by atoms with Crippen molar-refractivity contribution in [3.63, 3.8) is 0 Å². The van der Waals surface area contributed by atoms with Gasteiger partial charge in [0, 0.05) is 13.6 Å². The summed E-state index contributed by atoms with van der Waals surface area (Å²) in [4.78, 5) is 0. The first-order valence-electron chi connectivity index (χ1n) is 7.91. The maximum atomic E-state index is 14.1. The second-order valence-electron chi connectivity index (χ2n) is 3.88. The summed E-state index contributed by atoms with van der Waals surface area (Å²) in [5.41, 5.74) is 1.38. The predicted octanol–water partition coefficient (Wildman–Crippen LogP) is 5.23. The zero-order valence-corrected chi connectivity index (χ0v) is 12.1. The summed E-state index contributed by atoms with van der Waals surface area (Å²) in [5, 5.41) is 0.540. The van der Waals surface area contributed by atoms with Crippen molar-refractivity contribution in [1.29, 1.82) is 0 Å². The number of hydrogen-bond donors (Lipinski definition) is 0. The van der Waals surface area contributed by atoms with Crippen LogP contribution in [0.5, 0.6) is 5.75 Å². The first kappa shape index (κ1) is 8.98. The average molecular weight is 349 g/mol. The molecular formula is C15H13BrClFO. The zero-order valence-electron chi connectivity index (χ0n) is 14.7. The van der Waals surface area contributed by atoms with E-state index in [2.05, 4.69) is 15.9 Å². The molecule has 0 N–H and O–H groups in total. The molecule has 0 fully saturated rings. The number of benzene rings is 2. The molecule has 2 rings (SSSR count). The second-order valence-corrected chi connectivity index (χ2v) is 5.20. The Labute approximate surface area is 132 Å². The smallest absolute Gasteiger partial charge is 0.165 e. The fourth-order valence-electron chi connectivity index (χ4n) is 1.69. The third kappa shape index (κ3) is 3.71. The minimum Gasteiger partial charge on any atom is -0.491 e. The summed E-state index contributed by atoms with van der Waals surface area (Å²) in [7, 11) is 0. The highest BCUT2D eigenvalue weighted by Crippen LogP contribution is 2.25. The van der Waals surface area contributed by atoms with Gasteiger partial charge in [0.05, 0.1) is 9.30 Å². The molecule has 0 radical (unpaired) electrons. The van der Waals surface area contributed by atoms with Gasteiger partial charge in [0.1, 0.15) is 0 Å². The topological polar surface area (TPSA) is 9.23 Å². The lowest BCUT2D eigenvalue weighted by Crippen LogP contribution is -1.96. The van der Waals surface area contributed by atoms with Crippen LogP contribution in [0.3, 0.4) is 0 Å². The predicted molar refractivity (Wildman–Crippen MR) is 79.5 cm³/mol. The van der Waals surface area contributed by atoms with E-state index < -0.39 is 25.0 Å². The van der Waals surface area contributed by atoms with Gasteiger partial charge in [-0.3, -0.25) is 0 Å². The Morgan fingerprint density at radius 2 is 2.21 bits per heavy atom. The van der Waals surface area contributed by atoms with Crippen molar-refractivity contribution in [2.24, 2.45) is 0 Å². The molecule has 0 amide bonds. The minimum absolute atomic E-state index is 0.363. The normalized spacial score (nSPS) is 15.8. The lowest BCUT2D eigenvalue weighted by Gasteiger charge is -2.08. The molecule has 0 unspecified atom stereocenters. The number of rotatable bonds is 4. The Balaban J connectivity index is 2.23. The van der Waals surface area contributed by atoms with Crippen LogP contribution in [0.2, 0.25) is 5.02 Å². The maximum Gasteiger partial charge on any atom is 0.165 e. The van der Waals surface area contributed by atoms with E-state index in [-0.39, 0.29) is 0 Å². The quantitative estimate of drug-likeness (QED) is 0.735. The van der Waals surface area contributed by atoms with Crippen LogP contribution in [0.25, 0.3) is 0 Å². The van der Waals surface area contributed by atoms with Crippen LogP contribution in [-0.4, -0.2) is 6.56 Å². The number of halogens is 3. The Morgan fingerprint density at radius 3 is 2.95 bits per heavy atom. The third-order valence-corrected chi connectivity index (χ3v) is 3.42. The van der Waals surface area contributed by atoms with Gasteiger partial charge in [-0.1, -0.05) is 33.6 Å². The van der Waals surface area contributed by atoms with E-state index in [0.717, 1.165) is 10.0 Å². The van der Waals surface area contributed by atoms with E-state index >= 15 is 0 Å². The Bertz CT molecular complexity index is 751. The number of ether oxygens (including phenoxy) is 1. The molecule has 0 aliphatic rings. The molecular weight excluding hydrogens is 331 g/mol. The molecule has 4 heteroatoms. The van der Waals surface area contributed by atoms with E-state index in [1.54, 1.807) is 12.1 Å². The first-order chi connectivity index (χ1) is 11.0. The van der Waals surface area contributed by atoms with Crippen molar-refractivity contribution in [2.75, 3.05) is 6.56 Å². The van der Waals surface area contributed by atoms with Gasteiger partial charge >= 0.3 is 0 Å². The van der Waals surface area contributed by atoms with Crippen molar-refractivity contribution in [1.82, 2.24) is 0 Å². The molecule has 0 spiro atoms. The van der Waals surface area contributed by atoms with Crippen LogP contribution >= 0.6 is 27.5 Å². The summed E-state index contributed by atoms with van der Waals surface area (Å²) >= 11 is 9.44. The molecule has 0 saturated carbocycles. The largest absolute Gasteiger partial charge is 0.491 e. The summed E-state index contributed by atoms with van der Waals surface area (Å²) in [6.45, 7) is -6.01. The van der Waals surface area contributed by atoms with Crippen molar-refractivity contribution in [3.05, 3.63) is 62.8 Å². The molecule has 0 saturated heterocycles. The van der Waals surface area contributed by atoms with Crippen molar-refractivity contribution < 1.29 is 16.0 Å². The summed E-state index contributed by atoms with van der Waals surface area (Å²) in [6, 6.07) is 9.24. The van der Waals surface area contributed by atoms with Gasteiger partial charge < -0.3 is 4.74 Å². The minimum atomic E-state index is -3.03. The summed E-state index contributed by atoms with van der Waals surface area (Å²) < 4.78 is 55.7. The van der Waals surface area contributed by atoms with Crippen molar-refractivity contribution >= 4 is 27.5 Å². The van der Waals surface area contributed by atoms with E-state index in [1.807, 2.05) is 6.07 Å². The van der Waals surface area contributed by atoms with Gasteiger partial charge in [0.2, 0.25) is 0 Å². The van der Waals surface area contributed by atoms with Crippen LogP contribution < -0.4 is 4.74 Å². The van der Waals surface area contributed by atoms with E-state index in [9.17, 15) is 4.39 Å². The maximum absolute atomic E-state index is 14.1. The van der Waals surface area contributed by atoms with Gasteiger partial charge in [-0.05, 0) is 54.7 Å². The SMILES string of the molecule is [2H]C([2H])([2H])C([2H])([2H])Oc1ccc(Cc2cc(Br)ccc2Cl)cc1F. The second kappa shape index (κ2) is 6.40. The third-order valence-electron chi connectivity index (χ3n) is 2.56. The lowest BCUT2D eigenvalue weighted by molar-refractivity contribution is 0.321. The van der Waals surface area contributed by atoms with Crippen LogP contribution in [0.4, 0.5) is 4.39 Å². The van der Waals surface area contributed by atoms with Gasteiger partial charge in [-0.2, -0.15) is 0 Å². The van der Waals surface area contributed by atoms with Crippen molar-refractivity contribution in [2.45, 2.75) is 13.3 Å². The molecule has 0 aromatic heterocycles. The Kier molecular flexibility index (Phi) is 3.02. The highest BCUT2D eigenvalue weighted by molar-refractivity contribution is 9.10. The summed E-state index contributed by atoms with van der Waals surface area (Å²) in [6.07, 6.45) is 0.363. The Hall–Kier alpha value is -1.06. The molecule has 0 atom stereocenters.